The summed E-state index contributed by atoms with van der Waals surface area (Å²) in [6.45, 7) is 6.04. The van der Waals surface area contributed by atoms with Crippen molar-refractivity contribution in [2.24, 2.45) is 5.92 Å². The highest BCUT2D eigenvalue weighted by Gasteiger charge is 2.43. The van der Waals surface area contributed by atoms with Gasteiger partial charge in [-0.2, -0.15) is 0 Å². The van der Waals surface area contributed by atoms with Gasteiger partial charge < -0.3 is 34.1 Å². The van der Waals surface area contributed by atoms with Crippen LogP contribution in [0.15, 0.2) is 37.0 Å². The van der Waals surface area contributed by atoms with Gasteiger partial charge in [-0.3, -0.25) is 4.79 Å². The predicted octanol–water partition coefficient (Wildman–Crippen LogP) is 3.18. The van der Waals surface area contributed by atoms with E-state index in [-0.39, 0.29) is 24.0 Å². The first-order chi connectivity index (χ1) is 17.9. The van der Waals surface area contributed by atoms with Crippen molar-refractivity contribution in [3.63, 3.8) is 0 Å². The molecule has 10 heteroatoms. The Bertz CT molecular complexity index is 1080. The predicted molar refractivity (Wildman–Crippen MR) is 138 cm³/mol. The highest BCUT2D eigenvalue weighted by molar-refractivity contribution is 5.86. The smallest absolute Gasteiger partial charge is 0.407 e. The first kappa shape index (κ1) is 26.8. The highest BCUT2D eigenvalue weighted by atomic mass is 16.5. The molecule has 200 valence electrons. The number of amides is 2. The largest absolute Gasteiger partial charge is 0.453 e. The summed E-state index contributed by atoms with van der Waals surface area (Å²) in [5.41, 5.74) is 3.74. The summed E-state index contributed by atoms with van der Waals surface area (Å²) >= 11 is 0. The van der Waals surface area contributed by atoms with Gasteiger partial charge in [0.1, 0.15) is 11.9 Å². The fraction of sp³-hybridized carbons (Fsp3) is 0.519. The van der Waals surface area contributed by atoms with Gasteiger partial charge in [0.15, 0.2) is 0 Å². The molecule has 1 aromatic carbocycles. The van der Waals surface area contributed by atoms with Gasteiger partial charge >= 0.3 is 6.09 Å². The molecular formula is C27H36N4O6. The summed E-state index contributed by atoms with van der Waals surface area (Å²) in [6, 6.07) is 6.99. The van der Waals surface area contributed by atoms with Crippen LogP contribution in [0.4, 0.5) is 4.79 Å². The van der Waals surface area contributed by atoms with Crippen LogP contribution < -0.4 is 5.32 Å². The number of carbonyl (C=O) groups is 2. The molecule has 3 heterocycles. The zero-order valence-corrected chi connectivity index (χ0v) is 21.7. The Morgan fingerprint density at radius 1 is 1.22 bits per heavy atom. The van der Waals surface area contributed by atoms with Crippen molar-refractivity contribution in [1.82, 2.24) is 20.2 Å². The number of ether oxygens (including phenoxy) is 4. The molecule has 10 nitrogen and oxygen atoms in total. The molecule has 2 aliphatic rings. The van der Waals surface area contributed by atoms with Crippen molar-refractivity contribution in [3.8, 4) is 11.3 Å². The summed E-state index contributed by atoms with van der Waals surface area (Å²) in [5.74, 6) is 0.474. The summed E-state index contributed by atoms with van der Waals surface area (Å²) in [5, 5.41) is 2.78. The quantitative estimate of drug-likeness (QED) is 0.530. The van der Waals surface area contributed by atoms with Crippen LogP contribution in [0.5, 0.6) is 0 Å². The minimum atomic E-state index is -0.711. The molecule has 0 aliphatic carbocycles. The van der Waals surface area contributed by atoms with Crippen molar-refractivity contribution < 1.29 is 28.5 Å². The van der Waals surface area contributed by atoms with Gasteiger partial charge in [0.05, 0.1) is 37.8 Å². The van der Waals surface area contributed by atoms with Crippen LogP contribution in [0.3, 0.4) is 0 Å². The lowest BCUT2D eigenvalue weighted by atomic mass is 9.90. The number of benzene rings is 1. The summed E-state index contributed by atoms with van der Waals surface area (Å²) in [4.78, 5) is 35.8. The average Bonchev–Trinajstić information content (AvgIpc) is 3.59. The third-order valence-corrected chi connectivity index (χ3v) is 7.18. The number of hydrogen-bond acceptors (Lipinski definition) is 7. The van der Waals surface area contributed by atoms with Crippen molar-refractivity contribution in [2.75, 3.05) is 47.7 Å². The Hall–Kier alpha value is -3.21. The Labute approximate surface area is 217 Å². The highest BCUT2D eigenvalue weighted by Crippen LogP contribution is 2.35. The average molecular weight is 513 g/mol. The van der Waals surface area contributed by atoms with Gasteiger partial charge in [-0.05, 0) is 35.5 Å². The van der Waals surface area contributed by atoms with Gasteiger partial charge in [0.25, 0.3) is 0 Å². The SMILES string of the molecule is C=C(COC)c1ccc(-c2cnc(C3CC(OC)CN3C(=O)C(NC(=O)OC)C3CCOCC3)[nH]2)cc1. The van der Waals surface area contributed by atoms with Crippen LogP contribution >= 0.6 is 0 Å². The van der Waals surface area contributed by atoms with E-state index < -0.39 is 12.1 Å². The van der Waals surface area contributed by atoms with Gasteiger partial charge in [-0.15, -0.1) is 0 Å². The number of alkyl carbamates (subject to hydrolysis) is 1. The Morgan fingerprint density at radius 3 is 2.59 bits per heavy atom. The molecule has 0 radical (unpaired) electrons. The molecule has 3 unspecified atom stereocenters. The molecule has 2 amide bonds. The summed E-state index contributed by atoms with van der Waals surface area (Å²) in [7, 11) is 4.59. The minimum Gasteiger partial charge on any atom is -0.453 e. The molecule has 2 N–H and O–H groups in total. The van der Waals surface area contributed by atoms with Gasteiger partial charge in [0.2, 0.25) is 5.91 Å². The zero-order chi connectivity index (χ0) is 26.4. The van der Waals surface area contributed by atoms with Crippen molar-refractivity contribution in [2.45, 2.75) is 37.5 Å². The lowest BCUT2D eigenvalue weighted by Crippen LogP contribution is -2.53. The lowest BCUT2D eigenvalue weighted by Gasteiger charge is -2.34. The lowest BCUT2D eigenvalue weighted by molar-refractivity contribution is -0.137. The molecule has 0 spiro atoms. The van der Waals surface area contributed by atoms with Crippen LogP contribution in [0.25, 0.3) is 16.8 Å². The van der Waals surface area contributed by atoms with E-state index in [1.165, 1.54) is 7.11 Å². The fourth-order valence-electron chi connectivity index (χ4n) is 5.06. The van der Waals surface area contributed by atoms with E-state index in [4.69, 9.17) is 18.9 Å². The number of rotatable bonds is 9. The van der Waals surface area contributed by atoms with E-state index in [2.05, 4.69) is 21.9 Å². The van der Waals surface area contributed by atoms with Crippen LogP contribution in [0.2, 0.25) is 0 Å². The number of methoxy groups -OCH3 is 3. The maximum absolute atomic E-state index is 13.9. The van der Waals surface area contributed by atoms with E-state index in [9.17, 15) is 9.59 Å². The Morgan fingerprint density at radius 2 is 1.95 bits per heavy atom. The molecule has 4 rings (SSSR count). The van der Waals surface area contributed by atoms with Crippen molar-refractivity contribution in [1.29, 1.82) is 0 Å². The second-order valence-electron chi connectivity index (χ2n) is 9.46. The zero-order valence-electron chi connectivity index (χ0n) is 21.7. The second kappa shape index (κ2) is 12.4. The Kier molecular flexibility index (Phi) is 8.96. The molecule has 0 bridgehead atoms. The number of nitrogens with one attached hydrogen (secondary N) is 2. The first-order valence-electron chi connectivity index (χ1n) is 12.5. The normalized spacial score (nSPS) is 21.0. The number of hydrogen-bond donors (Lipinski definition) is 2. The first-order valence-corrected chi connectivity index (χ1v) is 12.5. The number of nitrogens with zero attached hydrogens (tertiary/aromatic N) is 2. The van der Waals surface area contributed by atoms with Crippen LogP contribution in [-0.4, -0.2) is 86.7 Å². The van der Waals surface area contributed by atoms with E-state index in [1.54, 1.807) is 25.3 Å². The molecule has 2 fully saturated rings. The number of imidazole rings is 1. The monoisotopic (exact) mass is 512 g/mol. The topological polar surface area (TPSA) is 115 Å². The van der Waals surface area contributed by atoms with E-state index in [0.29, 0.717) is 51.5 Å². The van der Waals surface area contributed by atoms with Gasteiger partial charge in [0, 0.05) is 40.4 Å². The molecule has 1 aromatic heterocycles. The van der Waals surface area contributed by atoms with Crippen molar-refractivity contribution in [3.05, 3.63) is 48.4 Å². The number of carbonyl (C=O) groups excluding carboxylic acids is 2. The van der Waals surface area contributed by atoms with E-state index >= 15 is 0 Å². The second-order valence-corrected chi connectivity index (χ2v) is 9.46. The van der Waals surface area contributed by atoms with Crippen LogP contribution in [0, 0.1) is 5.92 Å². The number of aromatic amines is 1. The third-order valence-electron chi connectivity index (χ3n) is 7.18. The summed E-state index contributed by atoms with van der Waals surface area (Å²) in [6.07, 6.45) is 2.99. The van der Waals surface area contributed by atoms with Gasteiger partial charge in [-0.1, -0.05) is 30.8 Å². The standard InChI is InChI=1S/C27H36N4O6/c1-17(16-34-2)18-5-7-19(8-6-18)22-14-28-25(29-22)23-13-21(35-3)15-31(23)26(32)24(30-27(33)36-4)20-9-11-37-12-10-20/h5-8,14,20-21,23-24H,1,9-13,15-16H2,2-4H3,(H,28,29)(H,30,33). The Balaban J connectivity index is 1.56. The van der Waals surface area contributed by atoms with Crippen LogP contribution in [-0.2, 0) is 23.7 Å². The number of aromatic nitrogens is 2. The molecule has 2 saturated heterocycles. The van der Waals surface area contributed by atoms with Crippen molar-refractivity contribution >= 4 is 17.6 Å². The molecule has 37 heavy (non-hydrogen) atoms. The maximum Gasteiger partial charge on any atom is 0.407 e. The van der Waals surface area contributed by atoms with Gasteiger partial charge in [-0.25, -0.2) is 9.78 Å². The van der Waals surface area contributed by atoms with Crippen LogP contribution in [0.1, 0.15) is 36.7 Å². The molecular weight excluding hydrogens is 476 g/mol. The fourth-order valence-corrected chi connectivity index (χ4v) is 5.06. The molecule has 2 aliphatic heterocycles. The number of likely N-dealkylation sites (tertiary alicyclic amines) is 1. The van der Waals surface area contributed by atoms with E-state index in [0.717, 1.165) is 22.4 Å². The molecule has 3 atom stereocenters. The maximum atomic E-state index is 13.9. The van der Waals surface area contributed by atoms with E-state index in [1.807, 2.05) is 24.3 Å². The molecule has 2 aromatic rings. The number of H-pyrrole nitrogens is 1. The summed E-state index contributed by atoms with van der Waals surface area (Å²) < 4.78 is 21.1. The molecule has 0 saturated carbocycles. The minimum absolute atomic E-state index is 0.0406. The third kappa shape index (κ3) is 6.20.